The first-order valence-electron chi connectivity index (χ1n) is 14.4. The van der Waals surface area contributed by atoms with Gasteiger partial charge in [-0.05, 0) is 55.2 Å². The van der Waals surface area contributed by atoms with Gasteiger partial charge in [0, 0.05) is 41.9 Å². The fourth-order valence-electron chi connectivity index (χ4n) is 5.53. The molecule has 1 aliphatic carbocycles. The van der Waals surface area contributed by atoms with Gasteiger partial charge in [0.1, 0.15) is 18.9 Å². The molecular formula is C31H37F3N4O4S. The summed E-state index contributed by atoms with van der Waals surface area (Å²) in [5, 5.41) is 7.43. The van der Waals surface area contributed by atoms with Gasteiger partial charge in [-0.2, -0.15) is 13.2 Å². The fourth-order valence-corrected chi connectivity index (χ4v) is 6.19. The highest BCUT2D eigenvalue weighted by Crippen LogP contribution is 2.32. The molecule has 3 aromatic rings. The average Bonchev–Trinajstić information content (AvgIpc) is 3.23. The molecule has 3 heterocycles. The Hall–Kier alpha value is -3.40. The van der Waals surface area contributed by atoms with Crippen LogP contribution in [0.3, 0.4) is 0 Å². The summed E-state index contributed by atoms with van der Waals surface area (Å²) in [6, 6.07) is 11.4. The molecule has 1 spiro atoms. The molecule has 2 saturated heterocycles. The first-order valence-corrected chi connectivity index (χ1v) is 16.3. The molecule has 2 aliphatic heterocycles. The van der Waals surface area contributed by atoms with Crippen LogP contribution >= 0.6 is 0 Å². The highest BCUT2D eigenvalue weighted by atomic mass is 32.2. The van der Waals surface area contributed by atoms with Gasteiger partial charge in [0.05, 0.1) is 35.0 Å². The summed E-state index contributed by atoms with van der Waals surface area (Å²) in [5.74, 6) is 5.80. The van der Waals surface area contributed by atoms with Crippen molar-refractivity contribution in [3.05, 3.63) is 48.2 Å². The number of nitrogens with two attached hydrogens (primary N) is 1. The van der Waals surface area contributed by atoms with E-state index in [4.69, 9.17) is 15.2 Å². The van der Waals surface area contributed by atoms with E-state index in [2.05, 4.69) is 22.5 Å². The van der Waals surface area contributed by atoms with Crippen LogP contribution in [-0.2, 0) is 21.1 Å². The Kier molecular flexibility index (Phi) is 9.15. The molecule has 0 atom stereocenters. The predicted octanol–water partition coefficient (Wildman–Crippen LogP) is 4.97. The number of fused-ring (bicyclic) bond motifs is 1. The minimum absolute atomic E-state index is 0.0627. The fraction of sp³-hybridized carbons (Fsp3) is 0.484. The normalized spacial score (nSPS) is 18.0. The van der Waals surface area contributed by atoms with Crippen LogP contribution < -0.4 is 21.1 Å². The Morgan fingerprint density at radius 2 is 1.88 bits per heavy atom. The van der Waals surface area contributed by atoms with Crippen molar-refractivity contribution < 1.29 is 31.1 Å². The van der Waals surface area contributed by atoms with Gasteiger partial charge in [-0.15, -0.1) is 0 Å². The summed E-state index contributed by atoms with van der Waals surface area (Å²) in [6.07, 6.45) is 2.23. The summed E-state index contributed by atoms with van der Waals surface area (Å²) in [6.45, 7) is 3.08. The van der Waals surface area contributed by atoms with Crippen LogP contribution in [-0.4, -0.2) is 64.4 Å². The van der Waals surface area contributed by atoms with Crippen LogP contribution in [0.25, 0.3) is 10.9 Å². The molecular weight excluding hydrogens is 581 g/mol. The van der Waals surface area contributed by atoms with E-state index >= 15 is 0 Å². The molecule has 8 nitrogen and oxygen atoms in total. The van der Waals surface area contributed by atoms with Gasteiger partial charge in [-0.1, -0.05) is 31.2 Å². The number of rotatable bonds is 6. The Morgan fingerprint density at radius 1 is 1.14 bits per heavy atom. The zero-order chi connectivity index (χ0) is 30.7. The second kappa shape index (κ2) is 12.7. The van der Waals surface area contributed by atoms with Crippen molar-refractivity contribution in [2.24, 2.45) is 5.41 Å². The van der Waals surface area contributed by atoms with Crippen LogP contribution in [0.1, 0.15) is 37.8 Å². The first kappa shape index (κ1) is 31.0. The van der Waals surface area contributed by atoms with E-state index in [1.807, 2.05) is 6.07 Å². The van der Waals surface area contributed by atoms with Crippen LogP contribution in [0, 0.1) is 17.3 Å². The Labute approximate surface area is 250 Å². The maximum Gasteiger partial charge on any atom is 0.406 e. The third-order valence-corrected chi connectivity index (χ3v) is 9.10. The predicted molar refractivity (Wildman–Crippen MR) is 161 cm³/mol. The van der Waals surface area contributed by atoms with Gasteiger partial charge < -0.3 is 30.4 Å². The van der Waals surface area contributed by atoms with Crippen LogP contribution in [0.15, 0.2) is 47.4 Å². The van der Waals surface area contributed by atoms with Crippen molar-refractivity contribution in [1.29, 1.82) is 0 Å². The number of ether oxygens (including phenoxy) is 2. The van der Waals surface area contributed by atoms with E-state index in [0.29, 0.717) is 22.4 Å². The number of anilines is 2. The topological polar surface area (TPSA) is 108 Å². The van der Waals surface area contributed by atoms with Gasteiger partial charge >= 0.3 is 6.18 Å². The summed E-state index contributed by atoms with van der Waals surface area (Å²) >= 11 is 0. The Morgan fingerprint density at radius 3 is 2.44 bits per heavy atom. The minimum atomic E-state index is -4.42. The molecule has 232 valence electrons. The second-order valence-electron chi connectivity index (χ2n) is 11.6. The lowest BCUT2D eigenvalue weighted by atomic mass is 9.80. The number of nitrogens with zero attached hydrogens (tertiary/aromatic N) is 1. The molecule has 0 unspecified atom stereocenters. The van der Waals surface area contributed by atoms with Crippen LogP contribution in [0.4, 0.5) is 24.5 Å². The summed E-state index contributed by atoms with van der Waals surface area (Å²) in [5.41, 5.74) is 8.10. The SMILES string of the molecule is C1NCC12COC2.CS(=O)(=O)c1ccc(OCC#Cc2cc3c(NC4CCCCC4)cccc3n2CC(F)(F)F)c(N)c1. The number of hydrogen-bond donors (Lipinski definition) is 3. The van der Waals surface area contributed by atoms with Crippen molar-refractivity contribution in [2.45, 2.75) is 55.8 Å². The van der Waals surface area contributed by atoms with E-state index in [1.165, 1.54) is 42.3 Å². The van der Waals surface area contributed by atoms with E-state index in [0.717, 1.165) is 50.8 Å². The highest BCUT2D eigenvalue weighted by Gasteiger charge is 2.43. The number of nitrogens with one attached hydrogen (secondary N) is 2. The van der Waals surface area contributed by atoms with Crippen molar-refractivity contribution in [3.8, 4) is 17.6 Å². The molecule has 3 fully saturated rings. The zero-order valence-corrected chi connectivity index (χ0v) is 24.9. The molecule has 12 heteroatoms. The molecule has 0 amide bonds. The Bertz CT molecular complexity index is 1600. The largest absolute Gasteiger partial charge is 0.479 e. The molecule has 0 radical (unpaired) electrons. The molecule has 1 saturated carbocycles. The van der Waals surface area contributed by atoms with Gasteiger partial charge in [0.15, 0.2) is 9.84 Å². The molecule has 1 aromatic heterocycles. The number of nitrogen functional groups attached to an aromatic ring is 1. The van der Waals surface area contributed by atoms with Gasteiger partial charge in [-0.3, -0.25) is 0 Å². The number of benzene rings is 2. The van der Waals surface area contributed by atoms with Crippen molar-refractivity contribution in [2.75, 3.05) is 50.2 Å². The van der Waals surface area contributed by atoms with Crippen LogP contribution in [0.5, 0.6) is 5.75 Å². The lowest BCUT2D eigenvalue weighted by molar-refractivity contribution is -0.140. The molecule has 6 rings (SSSR count). The number of halogens is 3. The molecule has 2 aromatic carbocycles. The van der Waals surface area contributed by atoms with Gasteiger partial charge in [-0.25, -0.2) is 8.42 Å². The lowest BCUT2D eigenvalue weighted by Gasteiger charge is -2.48. The highest BCUT2D eigenvalue weighted by molar-refractivity contribution is 7.90. The standard InChI is InChI=1S/C26H28F3N3O3S.C5H9NO/c1-36(33,34)20-12-13-25(22(30)16-20)35-14-6-9-19-15-21-23(31-18-7-3-2-4-8-18)10-5-11-24(21)32(19)17-26(27,28)29;1-5(2-6-1)3-7-4-5/h5,10-13,15-16,18,31H,2-4,7-8,14,17,30H2,1H3;6H,1-4H2. The number of aromatic nitrogens is 1. The van der Waals surface area contributed by atoms with E-state index < -0.39 is 22.6 Å². The number of hydrogen-bond acceptors (Lipinski definition) is 7. The molecule has 3 aliphatic rings. The number of sulfone groups is 1. The van der Waals surface area contributed by atoms with Crippen molar-refractivity contribution in [1.82, 2.24) is 9.88 Å². The summed E-state index contributed by atoms with van der Waals surface area (Å²) < 4.78 is 75.2. The summed E-state index contributed by atoms with van der Waals surface area (Å²) in [7, 11) is -3.41. The molecule has 0 bridgehead atoms. The third-order valence-electron chi connectivity index (χ3n) is 7.99. The van der Waals surface area contributed by atoms with Gasteiger partial charge in [0.2, 0.25) is 0 Å². The maximum absolute atomic E-state index is 13.4. The van der Waals surface area contributed by atoms with Gasteiger partial charge in [0.25, 0.3) is 0 Å². The maximum atomic E-state index is 13.4. The summed E-state index contributed by atoms with van der Waals surface area (Å²) in [4.78, 5) is 0.0627. The van der Waals surface area contributed by atoms with E-state index in [-0.39, 0.29) is 28.6 Å². The smallest absolute Gasteiger partial charge is 0.406 e. The van der Waals surface area contributed by atoms with E-state index in [9.17, 15) is 21.6 Å². The second-order valence-corrected chi connectivity index (χ2v) is 13.6. The van der Waals surface area contributed by atoms with Crippen molar-refractivity contribution >= 4 is 32.1 Å². The lowest BCUT2D eigenvalue weighted by Crippen LogP contribution is -2.64. The molecule has 43 heavy (non-hydrogen) atoms. The molecule has 4 N–H and O–H groups in total. The monoisotopic (exact) mass is 618 g/mol. The number of alkyl halides is 3. The quantitative estimate of drug-likeness (QED) is 0.265. The Balaban J connectivity index is 0.000000454. The van der Waals surface area contributed by atoms with Crippen molar-refractivity contribution in [3.63, 3.8) is 0 Å². The van der Waals surface area contributed by atoms with Crippen LogP contribution in [0.2, 0.25) is 0 Å². The zero-order valence-electron chi connectivity index (χ0n) is 24.1. The van der Waals surface area contributed by atoms with E-state index in [1.54, 1.807) is 18.2 Å². The average molecular weight is 619 g/mol. The minimum Gasteiger partial charge on any atom is -0.479 e. The third kappa shape index (κ3) is 7.77. The first-order chi connectivity index (χ1) is 20.4.